The third-order valence-corrected chi connectivity index (χ3v) is 5.13. The van der Waals surface area contributed by atoms with Gasteiger partial charge >= 0.3 is 6.18 Å². The van der Waals surface area contributed by atoms with Crippen LogP contribution in [0.3, 0.4) is 0 Å². The van der Waals surface area contributed by atoms with Gasteiger partial charge in [0.15, 0.2) is 5.13 Å². The number of carbonyl (C=O) groups excluding carboxylic acids is 1. The first kappa shape index (κ1) is 21.1. The first-order chi connectivity index (χ1) is 13.5. The highest BCUT2D eigenvalue weighted by molar-refractivity contribution is 7.14. The molecule has 0 fully saturated rings. The summed E-state index contributed by atoms with van der Waals surface area (Å²) in [7, 11) is 0. The van der Waals surface area contributed by atoms with Crippen molar-refractivity contribution in [3.63, 3.8) is 0 Å². The van der Waals surface area contributed by atoms with Crippen LogP contribution in [0.4, 0.5) is 18.3 Å². The Kier molecular flexibility index (Phi) is 5.81. The first-order valence-electron chi connectivity index (χ1n) is 8.35. The van der Waals surface area contributed by atoms with Crippen molar-refractivity contribution in [3.8, 4) is 11.3 Å². The molecule has 2 aromatic heterocycles. The predicted molar refractivity (Wildman–Crippen MR) is 106 cm³/mol. The van der Waals surface area contributed by atoms with Crippen molar-refractivity contribution in [2.75, 3.05) is 5.32 Å². The van der Waals surface area contributed by atoms with Crippen LogP contribution in [0.15, 0.2) is 40.6 Å². The quantitative estimate of drug-likeness (QED) is 0.626. The van der Waals surface area contributed by atoms with Gasteiger partial charge < -0.3 is 9.88 Å². The Morgan fingerprint density at radius 1 is 1.28 bits per heavy atom. The predicted octanol–water partition coefficient (Wildman–Crippen LogP) is 4.90. The van der Waals surface area contributed by atoms with Gasteiger partial charge in [0.2, 0.25) is 5.91 Å². The number of rotatable bonds is 4. The van der Waals surface area contributed by atoms with Crippen LogP contribution in [0.25, 0.3) is 11.3 Å². The Morgan fingerprint density at radius 3 is 2.69 bits per heavy atom. The number of amides is 1. The minimum absolute atomic E-state index is 0.275. The zero-order valence-electron chi connectivity index (χ0n) is 15.3. The van der Waals surface area contributed by atoms with Crippen LogP contribution in [0.5, 0.6) is 0 Å². The molecule has 3 rings (SSSR count). The highest BCUT2D eigenvalue weighted by Gasteiger charge is 2.32. The second-order valence-corrected chi connectivity index (χ2v) is 7.68. The van der Waals surface area contributed by atoms with E-state index in [1.165, 1.54) is 11.3 Å². The van der Waals surface area contributed by atoms with E-state index in [4.69, 9.17) is 11.6 Å². The molecule has 0 radical (unpaired) electrons. The molecule has 0 aliphatic heterocycles. The fourth-order valence-corrected chi connectivity index (χ4v) is 3.60. The lowest BCUT2D eigenvalue weighted by atomic mass is 10.0. The molecule has 152 valence electrons. The lowest BCUT2D eigenvalue weighted by molar-refractivity contribution is -0.138. The van der Waals surface area contributed by atoms with Gasteiger partial charge in [-0.25, -0.2) is 4.98 Å². The molecule has 0 saturated carbocycles. The zero-order chi connectivity index (χ0) is 21.3. The molecule has 1 N–H and O–H groups in total. The van der Waals surface area contributed by atoms with E-state index in [1.807, 2.05) is 32.0 Å². The lowest BCUT2D eigenvalue weighted by Gasteiger charge is -2.11. The Bertz CT molecular complexity index is 1140. The van der Waals surface area contributed by atoms with E-state index >= 15 is 0 Å². The average molecular weight is 442 g/mol. The van der Waals surface area contributed by atoms with Crippen molar-refractivity contribution < 1.29 is 18.0 Å². The molecule has 0 saturated heterocycles. The van der Waals surface area contributed by atoms with Crippen LogP contribution in [-0.2, 0) is 17.5 Å². The van der Waals surface area contributed by atoms with Crippen molar-refractivity contribution >= 4 is 34.0 Å². The van der Waals surface area contributed by atoms with E-state index in [0.29, 0.717) is 22.5 Å². The van der Waals surface area contributed by atoms with Crippen LogP contribution < -0.4 is 10.9 Å². The molecule has 3 aromatic rings. The molecular weight excluding hydrogens is 427 g/mol. The number of hydrogen-bond donors (Lipinski definition) is 1. The molecule has 0 spiro atoms. The molecule has 0 aliphatic carbocycles. The fourth-order valence-electron chi connectivity index (χ4n) is 2.65. The summed E-state index contributed by atoms with van der Waals surface area (Å²) in [5, 5.41) is 3.94. The summed E-state index contributed by atoms with van der Waals surface area (Å²) >= 11 is 6.77. The number of aryl methyl sites for hydroxylation is 2. The van der Waals surface area contributed by atoms with Crippen LogP contribution in [0, 0.1) is 13.8 Å². The Hall–Kier alpha value is -2.65. The van der Waals surface area contributed by atoms with Crippen molar-refractivity contribution in [3.05, 3.63) is 67.9 Å². The van der Waals surface area contributed by atoms with Crippen LogP contribution >= 0.6 is 22.9 Å². The van der Waals surface area contributed by atoms with Crippen molar-refractivity contribution in [2.24, 2.45) is 0 Å². The van der Waals surface area contributed by atoms with Crippen molar-refractivity contribution in [1.82, 2.24) is 9.55 Å². The molecule has 1 amide bonds. The maximum absolute atomic E-state index is 12.9. The van der Waals surface area contributed by atoms with Gasteiger partial charge in [0.05, 0.1) is 11.3 Å². The van der Waals surface area contributed by atoms with E-state index < -0.39 is 34.8 Å². The van der Waals surface area contributed by atoms with Crippen molar-refractivity contribution in [1.29, 1.82) is 0 Å². The Balaban J connectivity index is 1.79. The number of halogens is 4. The normalized spacial score (nSPS) is 11.5. The molecule has 29 heavy (non-hydrogen) atoms. The number of hydrogen-bond acceptors (Lipinski definition) is 4. The summed E-state index contributed by atoms with van der Waals surface area (Å²) < 4.78 is 39.3. The van der Waals surface area contributed by atoms with E-state index in [2.05, 4.69) is 10.3 Å². The first-order valence-corrected chi connectivity index (χ1v) is 9.60. The third kappa shape index (κ3) is 4.86. The minimum Gasteiger partial charge on any atom is -0.304 e. The monoisotopic (exact) mass is 441 g/mol. The average Bonchev–Trinajstić information content (AvgIpc) is 3.08. The van der Waals surface area contributed by atoms with Crippen molar-refractivity contribution in [2.45, 2.75) is 26.6 Å². The van der Waals surface area contributed by atoms with E-state index in [9.17, 15) is 22.8 Å². The van der Waals surface area contributed by atoms with Gasteiger partial charge in [0.25, 0.3) is 5.56 Å². The number of thiazole rings is 1. The minimum atomic E-state index is -4.69. The summed E-state index contributed by atoms with van der Waals surface area (Å²) in [5.41, 5.74) is 1.67. The molecule has 1 aromatic carbocycles. The summed E-state index contributed by atoms with van der Waals surface area (Å²) in [6, 6.07) is 6.45. The van der Waals surface area contributed by atoms with Gasteiger partial charge in [-0.2, -0.15) is 13.2 Å². The fraction of sp³-hybridized carbons (Fsp3) is 0.211. The molecule has 0 aliphatic rings. The molecule has 0 bridgehead atoms. The summed E-state index contributed by atoms with van der Waals surface area (Å²) in [5.74, 6) is -0.690. The topological polar surface area (TPSA) is 64.0 Å². The van der Waals surface area contributed by atoms with Crippen LogP contribution in [0.1, 0.15) is 16.7 Å². The van der Waals surface area contributed by atoms with Gasteiger partial charge in [0, 0.05) is 17.1 Å². The third-order valence-electron chi connectivity index (χ3n) is 4.10. The smallest absolute Gasteiger partial charge is 0.304 e. The number of aromatic nitrogens is 2. The molecule has 10 heteroatoms. The van der Waals surface area contributed by atoms with E-state index in [1.54, 1.807) is 5.38 Å². The molecule has 0 atom stereocenters. The van der Waals surface area contributed by atoms with Gasteiger partial charge in [-0.1, -0.05) is 29.3 Å². The summed E-state index contributed by atoms with van der Waals surface area (Å²) in [6.45, 7) is 3.27. The van der Waals surface area contributed by atoms with Crippen LogP contribution in [-0.4, -0.2) is 15.5 Å². The van der Waals surface area contributed by atoms with Gasteiger partial charge in [0.1, 0.15) is 11.6 Å². The van der Waals surface area contributed by atoms with E-state index in [0.717, 1.165) is 16.7 Å². The number of nitrogens with zero attached hydrogens (tertiary/aromatic N) is 2. The lowest BCUT2D eigenvalue weighted by Crippen LogP contribution is -2.29. The molecular formula is C19H15ClF3N3O2S. The Morgan fingerprint density at radius 2 is 2.00 bits per heavy atom. The second kappa shape index (κ2) is 8.00. The highest BCUT2D eigenvalue weighted by atomic mass is 35.5. The molecule has 5 nitrogen and oxygen atoms in total. The number of benzene rings is 1. The number of pyridine rings is 1. The van der Waals surface area contributed by atoms with Gasteiger partial charge in [-0.3, -0.25) is 9.59 Å². The molecule has 0 unspecified atom stereocenters. The maximum atomic E-state index is 12.9. The highest BCUT2D eigenvalue weighted by Crippen LogP contribution is 2.30. The molecule has 2 heterocycles. The maximum Gasteiger partial charge on any atom is 0.417 e. The number of carbonyl (C=O) groups is 1. The SMILES string of the molecule is Cc1ccc(C)c(-c2csc(NC(=O)Cn3cc(C(F)(F)F)cc(Cl)c3=O)n2)c1. The number of anilines is 1. The largest absolute Gasteiger partial charge is 0.417 e. The standard InChI is InChI=1S/C19H15ClF3N3O2S/c1-10-3-4-11(2)13(5-10)15-9-29-18(24-15)25-16(27)8-26-7-12(19(21,22)23)6-14(20)17(26)28/h3-7,9H,8H2,1-2H3,(H,24,25,27). The number of alkyl halides is 3. The van der Waals surface area contributed by atoms with Crippen LogP contribution in [0.2, 0.25) is 5.02 Å². The summed E-state index contributed by atoms with van der Waals surface area (Å²) in [6.07, 6.45) is -4.12. The zero-order valence-corrected chi connectivity index (χ0v) is 16.9. The Labute approximate surface area is 172 Å². The number of nitrogens with one attached hydrogen (secondary N) is 1. The van der Waals surface area contributed by atoms with Gasteiger partial charge in [-0.05, 0) is 31.5 Å². The van der Waals surface area contributed by atoms with E-state index in [-0.39, 0.29) is 5.13 Å². The summed E-state index contributed by atoms with van der Waals surface area (Å²) in [4.78, 5) is 28.6. The van der Waals surface area contributed by atoms with Gasteiger partial charge in [-0.15, -0.1) is 11.3 Å². The second-order valence-electron chi connectivity index (χ2n) is 6.41.